The minimum absolute atomic E-state index is 0.106. The van der Waals surface area contributed by atoms with Gasteiger partial charge >= 0.3 is 39.5 Å². The number of carbonyl (C=O) groups is 4. The van der Waals surface area contributed by atoms with Gasteiger partial charge in [0.2, 0.25) is 0 Å². The molecule has 0 aromatic rings. The van der Waals surface area contributed by atoms with Crippen molar-refractivity contribution in [2.75, 3.05) is 39.6 Å². The maximum absolute atomic E-state index is 13.1. The van der Waals surface area contributed by atoms with Crippen molar-refractivity contribution < 1.29 is 80.2 Å². The maximum atomic E-state index is 13.1. The molecule has 17 nitrogen and oxygen atoms in total. The Kier molecular flexibility index (Phi) is 67.4. The van der Waals surface area contributed by atoms with E-state index in [2.05, 4.69) is 41.5 Å². The Hall–Kier alpha value is -1.94. The summed E-state index contributed by atoms with van der Waals surface area (Å²) in [7, 11) is -9.91. The third kappa shape index (κ3) is 70.5. The number of rotatable bonds is 76. The normalized spacial score (nSPS) is 14.0. The minimum Gasteiger partial charge on any atom is -0.462 e. The van der Waals surface area contributed by atoms with Crippen LogP contribution in [-0.2, 0) is 65.4 Å². The van der Waals surface area contributed by atoms with Gasteiger partial charge in [0.15, 0.2) is 12.2 Å². The van der Waals surface area contributed by atoms with E-state index < -0.39 is 97.5 Å². The Morgan fingerprint density at radius 3 is 0.708 bits per heavy atom. The number of hydrogen-bond acceptors (Lipinski definition) is 15. The summed E-state index contributed by atoms with van der Waals surface area (Å²) in [5, 5.41) is 10.6. The van der Waals surface area contributed by atoms with E-state index in [1.54, 1.807) is 0 Å². The number of hydrogen-bond donors (Lipinski definition) is 3. The molecule has 0 aromatic carbocycles. The van der Waals surface area contributed by atoms with Crippen molar-refractivity contribution in [2.45, 2.75) is 419 Å². The van der Waals surface area contributed by atoms with Gasteiger partial charge in [-0.2, -0.15) is 0 Å². The number of ether oxygens (including phenoxy) is 4. The van der Waals surface area contributed by atoms with Crippen LogP contribution >= 0.6 is 15.6 Å². The van der Waals surface area contributed by atoms with Gasteiger partial charge in [0.1, 0.15) is 19.3 Å². The quantitative estimate of drug-likeness (QED) is 0.0222. The second-order valence-corrected chi connectivity index (χ2v) is 31.6. The molecule has 0 aliphatic carbocycles. The minimum atomic E-state index is -4.96. The highest BCUT2D eigenvalue weighted by Crippen LogP contribution is 2.45. The lowest BCUT2D eigenvalue weighted by Gasteiger charge is -2.21. The lowest BCUT2D eigenvalue weighted by atomic mass is 10.0. The van der Waals surface area contributed by atoms with Crippen LogP contribution in [0.1, 0.15) is 401 Å². The van der Waals surface area contributed by atoms with Crippen LogP contribution in [0.25, 0.3) is 0 Å². The molecule has 0 rings (SSSR count). The standard InChI is InChI=1S/C77H150O17P2/c1-7-9-11-13-15-17-19-20-21-22-23-26-31-37-43-49-55-61-76(81)93-72(65-88-75(80)60-54-48-42-36-30-27-24-25-29-33-39-45-51-57-69(3)4)67-91-95(83,84)89-63-71(78)64-90-96(85,86)92-68-73(66-87-74(79)59-53-47-41-35-28-18-16-14-12-10-8-2)94-77(82)62-56-50-44-38-32-34-40-46-52-58-70(5)6/h69-73,78H,7-68H2,1-6H3,(H,83,84)(H,85,86)/t71-,72-,73-/m1/s1. The molecule has 0 aliphatic heterocycles. The molecule has 0 aliphatic rings. The highest BCUT2D eigenvalue weighted by atomic mass is 31.2. The molecular formula is C77H150O17P2. The number of phosphoric acid groups is 2. The molecule has 0 saturated carbocycles. The Morgan fingerprint density at radius 2 is 0.479 bits per heavy atom. The second kappa shape index (κ2) is 68.8. The second-order valence-electron chi connectivity index (χ2n) is 28.7. The highest BCUT2D eigenvalue weighted by Gasteiger charge is 2.30. The van der Waals surface area contributed by atoms with Crippen LogP contribution in [0.3, 0.4) is 0 Å². The van der Waals surface area contributed by atoms with E-state index in [4.69, 9.17) is 37.0 Å². The molecule has 19 heteroatoms. The van der Waals surface area contributed by atoms with Gasteiger partial charge in [-0.3, -0.25) is 37.3 Å². The van der Waals surface area contributed by atoms with Crippen molar-refractivity contribution in [3.8, 4) is 0 Å². The Balaban J connectivity index is 5.25. The average Bonchev–Trinajstić information content (AvgIpc) is 2.30. The van der Waals surface area contributed by atoms with Crippen molar-refractivity contribution in [1.82, 2.24) is 0 Å². The Labute approximate surface area is 588 Å². The van der Waals surface area contributed by atoms with E-state index in [1.807, 2.05) is 0 Å². The van der Waals surface area contributed by atoms with Crippen LogP contribution in [0.2, 0.25) is 0 Å². The smallest absolute Gasteiger partial charge is 0.462 e. The van der Waals surface area contributed by atoms with E-state index >= 15 is 0 Å². The summed E-state index contributed by atoms with van der Waals surface area (Å²) in [5.74, 6) is -0.585. The maximum Gasteiger partial charge on any atom is 0.472 e. The van der Waals surface area contributed by atoms with E-state index in [1.165, 1.54) is 218 Å². The Bertz CT molecular complexity index is 1860. The van der Waals surface area contributed by atoms with E-state index in [0.29, 0.717) is 25.7 Å². The molecular weight excluding hydrogens is 1260 g/mol. The average molecular weight is 1410 g/mol. The van der Waals surface area contributed by atoms with Gasteiger partial charge in [-0.05, 0) is 37.5 Å². The fraction of sp³-hybridized carbons (Fsp3) is 0.948. The lowest BCUT2D eigenvalue weighted by Crippen LogP contribution is -2.30. The van der Waals surface area contributed by atoms with Crippen LogP contribution in [-0.4, -0.2) is 96.7 Å². The first-order valence-electron chi connectivity index (χ1n) is 40.0. The van der Waals surface area contributed by atoms with E-state index in [-0.39, 0.29) is 25.7 Å². The number of unbranched alkanes of at least 4 members (excludes halogenated alkanes) is 46. The largest absolute Gasteiger partial charge is 0.472 e. The van der Waals surface area contributed by atoms with Gasteiger partial charge in [-0.15, -0.1) is 0 Å². The summed E-state index contributed by atoms with van der Waals surface area (Å²) in [6.07, 6.45) is 56.8. The fourth-order valence-electron chi connectivity index (χ4n) is 11.8. The first-order chi connectivity index (χ1) is 46.4. The third-order valence-electron chi connectivity index (χ3n) is 18.0. The Morgan fingerprint density at radius 1 is 0.281 bits per heavy atom. The van der Waals surface area contributed by atoms with Crippen LogP contribution in [0.5, 0.6) is 0 Å². The number of aliphatic hydroxyl groups excluding tert-OH is 1. The summed E-state index contributed by atoms with van der Waals surface area (Å²) < 4.78 is 68.6. The molecule has 570 valence electrons. The summed E-state index contributed by atoms with van der Waals surface area (Å²) >= 11 is 0. The van der Waals surface area contributed by atoms with Crippen molar-refractivity contribution in [3.63, 3.8) is 0 Å². The van der Waals surface area contributed by atoms with Crippen molar-refractivity contribution >= 4 is 39.5 Å². The molecule has 0 radical (unpaired) electrons. The summed E-state index contributed by atoms with van der Waals surface area (Å²) in [5.41, 5.74) is 0. The molecule has 0 bridgehead atoms. The first kappa shape index (κ1) is 94.1. The summed E-state index contributed by atoms with van der Waals surface area (Å²) in [6, 6.07) is 0. The van der Waals surface area contributed by atoms with Crippen molar-refractivity contribution in [1.29, 1.82) is 0 Å². The van der Waals surface area contributed by atoms with Crippen LogP contribution < -0.4 is 0 Å². The van der Waals surface area contributed by atoms with Gasteiger partial charge in [-0.25, -0.2) is 9.13 Å². The number of esters is 4. The molecule has 0 saturated heterocycles. The van der Waals surface area contributed by atoms with Gasteiger partial charge in [0.25, 0.3) is 0 Å². The molecule has 0 spiro atoms. The summed E-state index contributed by atoms with van der Waals surface area (Å²) in [4.78, 5) is 72.9. The molecule has 96 heavy (non-hydrogen) atoms. The van der Waals surface area contributed by atoms with Gasteiger partial charge < -0.3 is 33.8 Å². The topological polar surface area (TPSA) is 237 Å². The summed E-state index contributed by atoms with van der Waals surface area (Å²) in [6.45, 7) is 9.60. The van der Waals surface area contributed by atoms with Crippen molar-refractivity contribution in [2.24, 2.45) is 11.8 Å². The van der Waals surface area contributed by atoms with E-state index in [0.717, 1.165) is 102 Å². The van der Waals surface area contributed by atoms with Gasteiger partial charge in [0, 0.05) is 25.7 Å². The van der Waals surface area contributed by atoms with Gasteiger partial charge in [-0.1, -0.05) is 350 Å². The zero-order chi connectivity index (χ0) is 70.7. The van der Waals surface area contributed by atoms with E-state index in [9.17, 15) is 43.2 Å². The predicted molar refractivity (Wildman–Crippen MR) is 391 cm³/mol. The fourth-order valence-corrected chi connectivity index (χ4v) is 13.4. The zero-order valence-corrected chi connectivity index (χ0v) is 64.5. The molecule has 0 fully saturated rings. The number of carbonyl (C=O) groups excluding carboxylic acids is 4. The lowest BCUT2D eigenvalue weighted by molar-refractivity contribution is -0.161. The SMILES string of the molecule is CCCCCCCCCCCCCCCCCCCC(=O)O[C@H](COC(=O)CCCCCCCCCCCCCCCC(C)C)COP(=O)(O)OC[C@@H](O)COP(=O)(O)OC[C@@H](COC(=O)CCCCCCCCCCCCC)OC(=O)CCCCCCCCCCCC(C)C. The highest BCUT2D eigenvalue weighted by molar-refractivity contribution is 7.47. The van der Waals surface area contributed by atoms with Gasteiger partial charge in [0.05, 0.1) is 26.4 Å². The number of aliphatic hydroxyl groups is 1. The predicted octanol–water partition coefficient (Wildman–Crippen LogP) is 22.7. The third-order valence-corrected chi connectivity index (χ3v) is 19.9. The van der Waals surface area contributed by atoms with Crippen LogP contribution in [0, 0.1) is 11.8 Å². The molecule has 0 aromatic heterocycles. The van der Waals surface area contributed by atoms with Crippen molar-refractivity contribution in [3.05, 3.63) is 0 Å². The molecule has 3 N–H and O–H groups in total. The molecule has 0 heterocycles. The molecule has 2 unspecified atom stereocenters. The molecule has 0 amide bonds. The van der Waals surface area contributed by atoms with Crippen LogP contribution in [0.15, 0.2) is 0 Å². The molecule has 5 atom stereocenters. The van der Waals surface area contributed by atoms with Crippen LogP contribution in [0.4, 0.5) is 0 Å². The monoisotopic (exact) mass is 1410 g/mol. The number of phosphoric ester groups is 2. The first-order valence-corrected chi connectivity index (χ1v) is 43.0. The zero-order valence-electron chi connectivity index (χ0n) is 62.7.